The predicted molar refractivity (Wildman–Crippen MR) is 118 cm³/mol. The van der Waals surface area contributed by atoms with Crippen molar-refractivity contribution in [3.63, 3.8) is 0 Å². The lowest BCUT2D eigenvalue weighted by Gasteiger charge is -2.13. The van der Waals surface area contributed by atoms with Gasteiger partial charge in [-0.05, 0) is 28.8 Å². The van der Waals surface area contributed by atoms with E-state index in [-0.39, 0.29) is 10.5 Å². The van der Waals surface area contributed by atoms with Crippen LogP contribution in [0.1, 0.15) is 5.56 Å². The monoisotopic (exact) mass is 416 g/mol. The third kappa shape index (κ3) is 4.09. The quantitative estimate of drug-likeness (QED) is 0.493. The molecule has 0 atom stereocenters. The minimum absolute atomic E-state index is 0.201. The average molecular weight is 417 g/mol. The van der Waals surface area contributed by atoms with Crippen LogP contribution in [0, 0.1) is 0 Å². The van der Waals surface area contributed by atoms with Crippen molar-refractivity contribution < 1.29 is 8.42 Å². The maximum atomic E-state index is 13.4. The molecule has 0 saturated heterocycles. The number of hydrogen-bond donors (Lipinski definition) is 0. The van der Waals surface area contributed by atoms with Crippen LogP contribution in [0.25, 0.3) is 22.3 Å². The van der Waals surface area contributed by atoms with Crippen LogP contribution >= 0.6 is 0 Å². The van der Waals surface area contributed by atoms with Crippen LogP contribution in [0.3, 0.4) is 0 Å². The lowest BCUT2D eigenvalue weighted by atomic mass is 9.97. The van der Waals surface area contributed by atoms with Crippen LogP contribution in [-0.4, -0.2) is 24.5 Å². The minimum Gasteiger partial charge on any atom is -0.267 e. The number of nitrogens with zero attached hydrogens (tertiary/aromatic N) is 2. The minimum atomic E-state index is -3.37. The summed E-state index contributed by atoms with van der Waals surface area (Å²) in [7, 11) is -3.37. The van der Waals surface area contributed by atoms with E-state index in [1.807, 2.05) is 60.7 Å². The molecule has 0 radical (unpaired) electrons. The highest BCUT2D eigenvalue weighted by Gasteiger charge is 2.17. The fourth-order valence-corrected chi connectivity index (χ4v) is 4.02. The molecule has 0 spiro atoms. The van der Waals surface area contributed by atoms with Gasteiger partial charge in [0.1, 0.15) is 0 Å². The highest BCUT2D eigenvalue weighted by Crippen LogP contribution is 2.30. The third-order valence-corrected chi connectivity index (χ3v) is 5.96. The average Bonchev–Trinajstić information content (AvgIpc) is 2.76. The predicted octanol–water partition coefficient (Wildman–Crippen LogP) is 4.03. The fourth-order valence-electron chi connectivity index (χ4n) is 3.35. The molecule has 0 N–H and O–H groups in total. The Labute approximate surface area is 175 Å². The normalized spacial score (nSPS) is 11.4. The van der Waals surface area contributed by atoms with Crippen molar-refractivity contribution >= 4 is 9.84 Å². The second-order valence-corrected chi connectivity index (χ2v) is 9.06. The van der Waals surface area contributed by atoms with E-state index in [0.717, 1.165) is 11.1 Å². The van der Waals surface area contributed by atoms with E-state index < -0.39 is 9.84 Å². The topological polar surface area (TPSA) is 69.0 Å². The van der Waals surface area contributed by atoms with Crippen molar-refractivity contribution in [3.8, 4) is 22.3 Å². The van der Waals surface area contributed by atoms with E-state index in [1.54, 1.807) is 30.5 Å². The Bertz CT molecular complexity index is 1350. The first-order valence-electron chi connectivity index (χ1n) is 9.43. The van der Waals surface area contributed by atoms with Crippen LogP contribution in [-0.2, 0) is 16.4 Å². The number of sulfone groups is 1. The number of rotatable bonds is 5. The van der Waals surface area contributed by atoms with Gasteiger partial charge in [0.05, 0.1) is 23.2 Å². The molecule has 30 heavy (non-hydrogen) atoms. The Hall–Kier alpha value is -3.51. The molecule has 150 valence electrons. The first kappa shape index (κ1) is 19.8. The van der Waals surface area contributed by atoms with Crippen molar-refractivity contribution in [1.82, 2.24) is 9.78 Å². The summed E-state index contributed by atoms with van der Waals surface area (Å²) in [6.45, 7) is 0.350. The van der Waals surface area contributed by atoms with Gasteiger partial charge in [0.25, 0.3) is 5.56 Å². The van der Waals surface area contributed by atoms with E-state index in [2.05, 4.69) is 5.10 Å². The molecule has 0 aliphatic rings. The van der Waals surface area contributed by atoms with Crippen LogP contribution < -0.4 is 5.56 Å². The highest BCUT2D eigenvalue weighted by atomic mass is 32.2. The molecule has 6 heteroatoms. The molecule has 1 heterocycles. The van der Waals surface area contributed by atoms with Gasteiger partial charge < -0.3 is 0 Å². The second-order valence-electron chi connectivity index (χ2n) is 7.05. The van der Waals surface area contributed by atoms with Crippen molar-refractivity contribution in [2.75, 3.05) is 6.26 Å². The molecule has 0 fully saturated rings. The molecule has 0 aliphatic heterocycles. The standard InChI is InChI=1S/C24H20N2O3S/c1-30(28,29)21-14-8-13-20(15-21)22-16-25-26(17-18-9-4-2-5-10-18)24(27)23(22)19-11-6-3-7-12-19/h2-16H,17H2,1H3. The Kier molecular flexibility index (Phi) is 5.33. The van der Waals surface area contributed by atoms with Gasteiger partial charge in [-0.3, -0.25) is 4.79 Å². The maximum absolute atomic E-state index is 13.4. The molecule has 3 aromatic carbocycles. The maximum Gasteiger partial charge on any atom is 0.275 e. The highest BCUT2D eigenvalue weighted by molar-refractivity contribution is 7.90. The Morgan fingerprint density at radius 2 is 1.47 bits per heavy atom. The van der Waals surface area contributed by atoms with Crippen molar-refractivity contribution in [3.05, 3.63) is 107 Å². The fraction of sp³-hybridized carbons (Fsp3) is 0.0833. The molecule has 4 rings (SSSR count). The van der Waals surface area contributed by atoms with E-state index >= 15 is 0 Å². The summed E-state index contributed by atoms with van der Waals surface area (Å²) in [5.41, 5.74) is 3.22. The third-order valence-electron chi connectivity index (χ3n) is 4.85. The first-order valence-corrected chi connectivity index (χ1v) is 11.3. The van der Waals surface area contributed by atoms with Crippen LogP contribution in [0.2, 0.25) is 0 Å². The number of benzene rings is 3. The first-order chi connectivity index (χ1) is 14.4. The smallest absolute Gasteiger partial charge is 0.267 e. The van der Waals surface area contributed by atoms with Gasteiger partial charge in [0.15, 0.2) is 9.84 Å². The molecule has 5 nitrogen and oxygen atoms in total. The van der Waals surface area contributed by atoms with E-state index in [1.165, 1.54) is 10.9 Å². The summed E-state index contributed by atoms with van der Waals surface area (Å²) < 4.78 is 25.5. The lowest BCUT2D eigenvalue weighted by Crippen LogP contribution is -2.25. The number of aromatic nitrogens is 2. The van der Waals surface area contributed by atoms with Gasteiger partial charge >= 0.3 is 0 Å². The van der Waals surface area contributed by atoms with E-state index in [0.29, 0.717) is 23.2 Å². The summed E-state index contributed by atoms with van der Waals surface area (Å²) in [6.07, 6.45) is 2.80. The van der Waals surface area contributed by atoms with Gasteiger partial charge in [-0.25, -0.2) is 13.1 Å². The molecule has 0 saturated carbocycles. The summed E-state index contributed by atoms with van der Waals surface area (Å²) in [4.78, 5) is 13.6. The van der Waals surface area contributed by atoms with E-state index in [4.69, 9.17) is 0 Å². The molecule has 0 bridgehead atoms. The van der Waals surface area contributed by atoms with Crippen molar-refractivity contribution in [2.24, 2.45) is 0 Å². The van der Waals surface area contributed by atoms with Gasteiger partial charge in [-0.1, -0.05) is 72.8 Å². The Morgan fingerprint density at radius 3 is 2.13 bits per heavy atom. The Morgan fingerprint density at radius 1 is 0.833 bits per heavy atom. The van der Waals surface area contributed by atoms with Crippen molar-refractivity contribution in [1.29, 1.82) is 0 Å². The SMILES string of the molecule is CS(=O)(=O)c1cccc(-c2cnn(Cc3ccccc3)c(=O)c2-c2ccccc2)c1. The second kappa shape index (κ2) is 8.08. The molecule has 0 aliphatic carbocycles. The van der Waals surface area contributed by atoms with Gasteiger partial charge in [-0.2, -0.15) is 5.10 Å². The van der Waals surface area contributed by atoms with E-state index in [9.17, 15) is 13.2 Å². The summed E-state index contributed by atoms with van der Waals surface area (Å²) >= 11 is 0. The summed E-state index contributed by atoms with van der Waals surface area (Å²) in [5, 5.41) is 4.38. The zero-order valence-electron chi connectivity index (χ0n) is 16.4. The van der Waals surface area contributed by atoms with Gasteiger partial charge in [0.2, 0.25) is 0 Å². The van der Waals surface area contributed by atoms with Gasteiger partial charge in [-0.15, -0.1) is 0 Å². The molecule has 1 aromatic heterocycles. The zero-order valence-corrected chi connectivity index (χ0v) is 17.2. The Balaban J connectivity index is 1.92. The van der Waals surface area contributed by atoms with Crippen molar-refractivity contribution in [2.45, 2.75) is 11.4 Å². The lowest BCUT2D eigenvalue weighted by molar-refractivity contribution is 0.602. The molecule has 4 aromatic rings. The number of hydrogen-bond acceptors (Lipinski definition) is 4. The summed E-state index contributed by atoms with van der Waals surface area (Å²) in [5.74, 6) is 0. The molecule has 0 amide bonds. The van der Waals surface area contributed by atoms with Crippen LogP contribution in [0.4, 0.5) is 0 Å². The molecular formula is C24H20N2O3S. The van der Waals surface area contributed by atoms with Gasteiger partial charge in [0, 0.05) is 11.8 Å². The molecule has 0 unspecified atom stereocenters. The summed E-state index contributed by atoms with van der Waals surface area (Å²) in [6, 6.07) is 25.6. The van der Waals surface area contributed by atoms with Crippen LogP contribution in [0.15, 0.2) is 101 Å². The van der Waals surface area contributed by atoms with Crippen LogP contribution in [0.5, 0.6) is 0 Å². The molecular weight excluding hydrogens is 396 g/mol. The largest absolute Gasteiger partial charge is 0.275 e. The zero-order chi connectivity index (χ0) is 21.1.